The van der Waals surface area contributed by atoms with Crippen LogP contribution >= 0.6 is 0 Å². The second-order valence-electron chi connectivity index (χ2n) is 2.22. The summed E-state index contributed by atoms with van der Waals surface area (Å²) in [5, 5.41) is 8.30. The summed E-state index contributed by atoms with van der Waals surface area (Å²) in [4.78, 5) is 10.1. The van der Waals surface area contributed by atoms with Gasteiger partial charge in [0.25, 0.3) is 0 Å². The molecule has 0 saturated heterocycles. The molecule has 1 N–H and O–H groups in total. The normalized spacial score (nSPS) is 12.4. The number of carboxylic acids is 1. The van der Waals surface area contributed by atoms with Crippen LogP contribution in [0.3, 0.4) is 0 Å². The molecule has 0 radical (unpaired) electrons. The molecular weight excluding hydrogens is 140 g/mol. The third-order valence-electron chi connectivity index (χ3n) is 1.40. The van der Waals surface area contributed by atoms with Gasteiger partial charge in [0, 0.05) is 0 Å². The van der Waals surface area contributed by atoms with Crippen molar-refractivity contribution in [3.8, 4) is 0 Å². The molecule has 0 aromatic rings. The van der Waals surface area contributed by atoms with Crippen LogP contribution in [0.25, 0.3) is 0 Å². The van der Waals surface area contributed by atoms with Crippen molar-refractivity contribution in [1.82, 2.24) is 0 Å². The summed E-state index contributed by atoms with van der Waals surface area (Å²) in [6.45, 7) is 3.99. The molecule has 0 bridgehead atoms. The monoisotopic (exact) mass is 154 g/mol. The smallest absolute Gasteiger partial charge is 0.307 e. The maximum Gasteiger partial charge on any atom is 0.307 e. The summed E-state index contributed by atoms with van der Waals surface area (Å²) in [6.07, 6.45) is 6.57. The van der Waals surface area contributed by atoms with Gasteiger partial charge in [0.05, 0.1) is 6.42 Å². The maximum atomic E-state index is 10.1. The van der Waals surface area contributed by atoms with Crippen LogP contribution in [0.15, 0.2) is 23.8 Å². The van der Waals surface area contributed by atoms with Gasteiger partial charge in [-0.2, -0.15) is 0 Å². The standard InChI is InChI=1S/C9H14O2/c1-3-8(4-2)6-5-7-9(10)11/h3,5-6H,4,7H2,1-2H3,(H,10,11)/b6-5+,8-3-. The lowest BCUT2D eigenvalue weighted by molar-refractivity contribution is -0.135. The van der Waals surface area contributed by atoms with Crippen molar-refractivity contribution >= 4 is 5.97 Å². The van der Waals surface area contributed by atoms with Crippen LogP contribution in [0, 0.1) is 0 Å². The molecule has 0 aliphatic heterocycles. The molecule has 0 aliphatic carbocycles. The molecule has 0 saturated carbocycles. The van der Waals surface area contributed by atoms with E-state index in [-0.39, 0.29) is 6.42 Å². The molecule has 0 heterocycles. The fourth-order valence-corrected chi connectivity index (χ4v) is 0.729. The minimum absolute atomic E-state index is 0.108. The van der Waals surface area contributed by atoms with E-state index in [2.05, 4.69) is 0 Å². The van der Waals surface area contributed by atoms with Crippen LogP contribution in [0.4, 0.5) is 0 Å². The van der Waals surface area contributed by atoms with Crippen molar-refractivity contribution < 1.29 is 9.90 Å². The van der Waals surface area contributed by atoms with Crippen molar-refractivity contribution in [2.24, 2.45) is 0 Å². The van der Waals surface area contributed by atoms with Gasteiger partial charge in [-0.05, 0) is 13.3 Å². The third-order valence-corrected chi connectivity index (χ3v) is 1.40. The van der Waals surface area contributed by atoms with Gasteiger partial charge in [0.2, 0.25) is 0 Å². The molecule has 11 heavy (non-hydrogen) atoms. The first-order valence-electron chi connectivity index (χ1n) is 3.74. The Morgan fingerprint density at radius 2 is 2.18 bits per heavy atom. The van der Waals surface area contributed by atoms with Crippen LogP contribution in [-0.4, -0.2) is 11.1 Å². The van der Waals surface area contributed by atoms with Gasteiger partial charge < -0.3 is 5.11 Å². The first-order chi connectivity index (χ1) is 5.20. The highest BCUT2D eigenvalue weighted by Crippen LogP contribution is 2.02. The average molecular weight is 154 g/mol. The molecule has 0 aliphatic rings. The number of hydrogen-bond acceptors (Lipinski definition) is 1. The topological polar surface area (TPSA) is 37.3 Å². The molecule has 0 amide bonds. The number of hydrogen-bond donors (Lipinski definition) is 1. The van der Waals surface area contributed by atoms with Crippen molar-refractivity contribution in [3.63, 3.8) is 0 Å². The Bertz CT molecular complexity index is 178. The summed E-state index contributed by atoms with van der Waals surface area (Å²) >= 11 is 0. The summed E-state index contributed by atoms with van der Waals surface area (Å²) in [6, 6.07) is 0. The molecule has 2 nitrogen and oxygen atoms in total. The van der Waals surface area contributed by atoms with Crippen LogP contribution in [0.1, 0.15) is 26.7 Å². The highest BCUT2D eigenvalue weighted by Gasteiger charge is 1.89. The van der Waals surface area contributed by atoms with Crippen LogP contribution in [0.5, 0.6) is 0 Å². The van der Waals surface area contributed by atoms with Gasteiger partial charge in [0.1, 0.15) is 0 Å². The largest absolute Gasteiger partial charge is 0.481 e. The number of carbonyl (C=O) groups is 1. The molecule has 0 unspecified atom stereocenters. The second-order valence-corrected chi connectivity index (χ2v) is 2.22. The van der Waals surface area contributed by atoms with Crippen LogP contribution in [-0.2, 0) is 4.79 Å². The Labute approximate surface area is 67.2 Å². The summed E-state index contributed by atoms with van der Waals surface area (Å²) in [5.41, 5.74) is 1.17. The van der Waals surface area contributed by atoms with E-state index in [4.69, 9.17) is 5.11 Å². The Morgan fingerprint density at radius 3 is 2.55 bits per heavy atom. The zero-order valence-corrected chi connectivity index (χ0v) is 7.00. The predicted octanol–water partition coefficient (Wildman–Crippen LogP) is 2.37. The van der Waals surface area contributed by atoms with E-state index in [1.807, 2.05) is 26.0 Å². The SMILES string of the molecule is C/C=C(\C=C\CC(=O)O)CC. The Hall–Kier alpha value is -1.05. The Kier molecular flexibility index (Phi) is 5.17. The van der Waals surface area contributed by atoms with Gasteiger partial charge in [-0.3, -0.25) is 4.79 Å². The molecule has 0 atom stereocenters. The summed E-state index contributed by atoms with van der Waals surface area (Å²) in [7, 11) is 0. The van der Waals surface area contributed by atoms with Gasteiger partial charge in [-0.15, -0.1) is 0 Å². The fraction of sp³-hybridized carbons (Fsp3) is 0.444. The third kappa shape index (κ3) is 5.40. The lowest BCUT2D eigenvalue weighted by Gasteiger charge is -1.92. The second kappa shape index (κ2) is 5.71. The van der Waals surface area contributed by atoms with Crippen LogP contribution in [0.2, 0.25) is 0 Å². The van der Waals surface area contributed by atoms with Gasteiger partial charge in [-0.25, -0.2) is 0 Å². The van der Waals surface area contributed by atoms with Gasteiger partial charge in [-0.1, -0.05) is 30.7 Å². The molecule has 0 fully saturated rings. The number of rotatable bonds is 4. The highest BCUT2D eigenvalue weighted by atomic mass is 16.4. The molecule has 0 aromatic carbocycles. The lowest BCUT2D eigenvalue weighted by atomic mass is 10.2. The van der Waals surface area contributed by atoms with Crippen LogP contribution < -0.4 is 0 Å². The molecule has 2 heteroatoms. The average Bonchev–Trinajstić information content (AvgIpc) is 1.98. The zero-order chi connectivity index (χ0) is 8.69. The predicted molar refractivity (Wildman–Crippen MR) is 45.4 cm³/mol. The number of allylic oxidation sites excluding steroid dienone is 3. The molecular formula is C9H14O2. The maximum absolute atomic E-state index is 10.1. The van der Waals surface area contributed by atoms with E-state index in [0.29, 0.717) is 0 Å². The van der Waals surface area contributed by atoms with Gasteiger partial charge in [0.15, 0.2) is 0 Å². The number of aliphatic carboxylic acids is 1. The quantitative estimate of drug-likeness (QED) is 0.631. The Balaban J connectivity index is 3.81. The van der Waals surface area contributed by atoms with Crippen molar-refractivity contribution in [3.05, 3.63) is 23.8 Å². The first kappa shape index (κ1) is 9.95. The van der Waals surface area contributed by atoms with E-state index in [1.165, 1.54) is 5.57 Å². The minimum Gasteiger partial charge on any atom is -0.481 e. The molecule has 0 rings (SSSR count). The minimum atomic E-state index is -0.784. The van der Waals surface area contributed by atoms with Crippen molar-refractivity contribution in [2.75, 3.05) is 0 Å². The fourth-order valence-electron chi connectivity index (χ4n) is 0.729. The lowest BCUT2D eigenvalue weighted by Crippen LogP contribution is -1.89. The van der Waals surface area contributed by atoms with Crippen molar-refractivity contribution in [2.45, 2.75) is 26.7 Å². The van der Waals surface area contributed by atoms with E-state index in [1.54, 1.807) is 6.08 Å². The molecule has 62 valence electrons. The summed E-state index contributed by atoms with van der Waals surface area (Å²) in [5.74, 6) is -0.784. The van der Waals surface area contributed by atoms with Gasteiger partial charge >= 0.3 is 5.97 Å². The number of carboxylic acid groups (broad SMARTS) is 1. The first-order valence-corrected chi connectivity index (χ1v) is 3.74. The van der Waals surface area contributed by atoms with E-state index < -0.39 is 5.97 Å². The highest BCUT2D eigenvalue weighted by molar-refractivity contribution is 5.68. The molecule has 0 aromatic heterocycles. The van der Waals surface area contributed by atoms with E-state index in [0.717, 1.165) is 6.42 Å². The van der Waals surface area contributed by atoms with E-state index >= 15 is 0 Å². The van der Waals surface area contributed by atoms with E-state index in [9.17, 15) is 4.79 Å². The molecule has 0 spiro atoms. The Morgan fingerprint density at radius 1 is 1.55 bits per heavy atom. The summed E-state index contributed by atoms with van der Waals surface area (Å²) < 4.78 is 0. The zero-order valence-electron chi connectivity index (χ0n) is 7.00. The van der Waals surface area contributed by atoms with Crippen molar-refractivity contribution in [1.29, 1.82) is 0 Å².